The Bertz CT molecular complexity index is 343. The van der Waals surface area contributed by atoms with Gasteiger partial charge < -0.3 is 4.90 Å². The number of carbonyl (C=O) groups excluding carboxylic acids is 1. The van der Waals surface area contributed by atoms with Crippen LogP contribution in [0.25, 0.3) is 0 Å². The van der Waals surface area contributed by atoms with Crippen molar-refractivity contribution in [3.05, 3.63) is 52.6 Å². The van der Waals surface area contributed by atoms with Gasteiger partial charge in [-0.15, -0.1) is 13.0 Å². The Kier molecular flexibility index (Phi) is 306. The summed E-state index contributed by atoms with van der Waals surface area (Å²) in [6.07, 6.45) is 6.67. The first kappa shape index (κ1) is 57.2. The molecule has 0 saturated heterocycles. The van der Waals surface area contributed by atoms with Gasteiger partial charge in [-0.05, 0) is 0 Å². The van der Waals surface area contributed by atoms with E-state index in [2.05, 4.69) is 52.4 Å². The van der Waals surface area contributed by atoms with Crippen molar-refractivity contribution in [2.45, 2.75) is 6.92 Å². The molecular weight excluding hydrogens is 412 g/mol. The molecule has 0 aliphatic carbocycles. The Morgan fingerprint density at radius 3 is 1.33 bits per heavy atom. The summed E-state index contributed by atoms with van der Waals surface area (Å²) in [4.78, 5) is 12.2. The van der Waals surface area contributed by atoms with Crippen LogP contribution in [-0.2, 0) is 66.3 Å². The van der Waals surface area contributed by atoms with Crippen LogP contribution in [0.5, 0.6) is 0 Å². The van der Waals surface area contributed by atoms with Crippen molar-refractivity contribution >= 4 is 5.91 Å². The molecular formula is C14H11Co2NO7. The Morgan fingerprint density at radius 2 is 1.21 bits per heavy atom. The zero-order chi connectivity index (χ0) is 20.0. The van der Waals surface area contributed by atoms with Crippen molar-refractivity contribution in [1.82, 2.24) is 4.90 Å². The standard InChI is InChI=1S/C8H11NO.6CO.2Co/c1-4-6-9(7-5-2)8(3)10;6*1-2;;/h1,5H,2,6-7H2,3H3;;;;;;;;. The Labute approximate surface area is 162 Å². The smallest absolute Gasteiger partial charge is 0 e. The molecule has 0 saturated carbocycles. The third-order valence-corrected chi connectivity index (χ3v) is 1.08. The number of rotatable bonds is 3. The summed E-state index contributed by atoms with van der Waals surface area (Å²) in [7, 11) is 0. The van der Waals surface area contributed by atoms with Crippen molar-refractivity contribution in [2.75, 3.05) is 13.1 Å². The average Bonchev–Trinajstić information content (AvgIpc) is 2.65. The molecule has 0 unspecified atom stereocenters. The first-order valence-electron chi connectivity index (χ1n) is 4.24. The quantitative estimate of drug-likeness (QED) is 0.276. The molecule has 24 heavy (non-hydrogen) atoms. The SMILES string of the molecule is C#CCN(CC=C)C(C)=O.[C-]#[O+].[C-]#[O+].[C-]#[O+].[C-]#[O+].[C-]#[O+].[C-]#[O+].[Co].[Co]. The largest absolute Gasteiger partial charge is 0 e. The molecule has 0 N–H and O–H groups in total. The second-order valence-corrected chi connectivity index (χ2v) is 1.89. The van der Waals surface area contributed by atoms with Gasteiger partial charge in [0, 0.05) is 47.0 Å². The van der Waals surface area contributed by atoms with Gasteiger partial charge in [-0.25, -0.2) is 0 Å². The second-order valence-electron chi connectivity index (χ2n) is 1.89. The summed E-state index contributed by atoms with van der Waals surface area (Å²) in [6, 6.07) is 0. The first-order valence-corrected chi connectivity index (χ1v) is 4.24. The van der Waals surface area contributed by atoms with Gasteiger partial charge in [-0.3, -0.25) is 4.79 Å². The van der Waals surface area contributed by atoms with Gasteiger partial charge in [0.05, 0.1) is 6.54 Å². The summed E-state index contributed by atoms with van der Waals surface area (Å²) in [6.45, 7) is 32.9. The molecule has 8 nitrogen and oxygen atoms in total. The van der Waals surface area contributed by atoms with E-state index in [9.17, 15) is 4.79 Å². The van der Waals surface area contributed by atoms with E-state index < -0.39 is 0 Å². The van der Waals surface area contributed by atoms with Gasteiger partial charge in [0.1, 0.15) is 0 Å². The van der Waals surface area contributed by atoms with E-state index in [0.29, 0.717) is 13.1 Å². The summed E-state index contributed by atoms with van der Waals surface area (Å²) < 4.78 is 45.0. The monoisotopic (exact) mass is 423 g/mol. The van der Waals surface area contributed by atoms with Crippen molar-refractivity contribution in [1.29, 1.82) is 0 Å². The van der Waals surface area contributed by atoms with Crippen molar-refractivity contribution in [2.24, 2.45) is 0 Å². The maximum absolute atomic E-state index is 10.7. The summed E-state index contributed by atoms with van der Waals surface area (Å²) in [5, 5.41) is 0. The van der Waals surface area contributed by atoms with Crippen LogP contribution in [0.2, 0.25) is 0 Å². The second kappa shape index (κ2) is 128. The molecule has 2 radical (unpaired) electrons. The van der Waals surface area contributed by atoms with E-state index in [1.165, 1.54) is 11.8 Å². The normalized spacial score (nSPS) is 3.83. The van der Waals surface area contributed by atoms with E-state index in [-0.39, 0.29) is 39.5 Å². The van der Waals surface area contributed by atoms with Gasteiger partial charge in [0.15, 0.2) is 0 Å². The van der Waals surface area contributed by atoms with Gasteiger partial charge in [0.25, 0.3) is 0 Å². The fourth-order valence-corrected chi connectivity index (χ4v) is 0.570. The molecule has 0 aliphatic heterocycles. The van der Waals surface area contributed by atoms with Crippen LogP contribution >= 0.6 is 0 Å². The predicted molar refractivity (Wildman–Crippen MR) is 64.9 cm³/mol. The molecule has 132 valence electrons. The third kappa shape index (κ3) is 111. The van der Waals surface area contributed by atoms with Crippen LogP contribution in [0.15, 0.2) is 12.7 Å². The van der Waals surface area contributed by atoms with Gasteiger partial charge >= 0.3 is 67.8 Å². The predicted octanol–water partition coefficient (Wildman–Crippen LogP) is 0.424. The molecule has 1 amide bonds. The summed E-state index contributed by atoms with van der Waals surface area (Å²) >= 11 is 0. The Balaban J connectivity index is -0.0000000196. The van der Waals surface area contributed by atoms with Gasteiger partial charge in [0.2, 0.25) is 5.91 Å². The topological polar surface area (TPSA) is 140 Å². The van der Waals surface area contributed by atoms with E-state index >= 15 is 0 Å². The van der Waals surface area contributed by atoms with Crippen LogP contribution < -0.4 is 0 Å². The zero-order valence-electron chi connectivity index (χ0n) is 12.2. The number of terminal acetylenes is 1. The van der Waals surface area contributed by atoms with E-state index in [4.69, 9.17) is 34.3 Å². The van der Waals surface area contributed by atoms with Crippen molar-refractivity contribution < 1.29 is 66.3 Å². The van der Waals surface area contributed by atoms with Crippen LogP contribution in [0.1, 0.15) is 6.92 Å². The molecule has 0 aromatic rings. The number of hydrogen-bond donors (Lipinski definition) is 0. The zero-order valence-corrected chi connectivity index (χ0v) is 14.3. The van der Waals surface area contributed by atoms with E-state index in [0.717, 1.165) is 0 Å². The maximum Gasteiger partial charge on any atom is 0 e. The van der Waals surface area contributed by atoms with Crippen LogP contribution in [0.3, 0.4) is 0 Å². The van der Waals surface area contributed by atoms with Gasteiger partial charge in [-0.1, -0.05) is 12.0 Å². The third-order valence-electron chi connectivity index (χ3n) is 1.08. The van der Waals surface area contributed by atoms with Crippen molar-refractivity contribution in [3.63, 3.8) is 0 Å². The number of nitrogens with zero attached hydrogens (tertiary/aromatic N) is 1. The molecule has 10 heteroatoms. The number of hydrogen-bond acceptors (Lipinski definition) is 1. The van der Waals surface area contributed by atoms with E-state index in [1.807, 2.05) is 0 Å². The van der Waals surface area contributed by atoms with Crippen molar-refractivity contribution in [3.8, 4) is 12.3 Å². The van der Waals surface area contributed by atoms with Crippen LogP contribution in [0.4, 0.5) is 0 Å². The Hall–Kier alpha value is -1.78. The average molecular weight is 423 g/mol. The van der Waals surface area contributed by atoms with E-state index in [1.54, 1.807) is 6.08 Å². The fraction of sp³-hybridized carbons (Fsp3) is 0.214. The number of amides is 1. The molecule has 0 rings (SSSR count). The molecule has 0 heterocycles. The first-order chi connectivity index (χ1) is 10.7. The number of carbonyl (C=O) groups is 1. The Morgan fingerprint density at radius 1 is 0.958 bits per heavy atom. The molecule has 0 aliphatic rings. The molecule has 0 atom stereocenters. The summed E-state index contributed by atoms with van der Waals surface area (Å²) in [5.41, 5.74) is 0. The maximum atomic E-state index is 10.7. The van der Waals surface area contributed by atoms with Gasteiger partial charge in [-0.2, -0.15) is 0 Å². The summed E-state index contributed by atoms with van der Waals surface area (Å²) in [5.74, 6) is 2.38. The molecule has 0 bridgehead atoms. The minimum absolute atomic E-state index is 0. The van der Waals surface area contributed by atoms with Crippen LogP contribution in [0, 0.1) is 52.2 Å². The molecule has 0 aromatic carbocycles. The molecule has 0 aromatic heterocycles. The van der Waals surface area contributed by atoms with Crippen LogP contribution in [-0.4, -0.2) is 23.9 Å². The fourth-order valence-electron chi connectivity index (χ4n) is 0.570. The minimum atomic E-state index is -0.0159. The molecule has 0 fully saturated rings. The molecule has 0 spiro atoms. The minimum Gasteiger partial charge on any atom is 0 e.